The zero-order chi connectivity index (χ0) is 23.1. The molecule has 0 aliphatic rings. The number of carbonyl (C=O) groups excluding carboxylic acids is 1. The van der Waals surface area contributed by atoms with Crippen molar-refractivity contribution in [1.82, 2.24) is 15.5 Å². The number of ether oxygens (including phenoxy) is 2. The van der Waals surface area contributed by atoms with Crippen LogP contribution in [-0.2, 0) is 22.7 Å². The molecule has 0 atom stereocenters. The van der Waals surface area contributed by atoms with Gasteiger partial charge in [-0.05, 0) is 43.2 Å². The molecule has 9 nitrogen and oxygen atoms in total. The van der Waals surface area contributed by atoms with Gasteiger partial charge >= 0.3 is 11.8 Å². The molecular formula is C22H25N3O6S. The third-order valence-electron chi connectivity index (χ3n) is 4.78. The van der Waals surface area contributed by atoms with Crippen LogP contribution in [0, 0.1) is 6.92 Å². The molecule has 0 saturated heterocycles. The zero-order valence-electron chi connectivity index (χ0n) is 18.1. The van der Waals surface area contributed by atoms with E-state index in [1.807, 2.05) is 19.1 Å². The van der Waals surface area contributed by atoms with E-state index in [0.717, 1.165) is 11.1 Å². The number of aromatic nitrogens is 2. The van der Waals surface area contributed by atoms with E-state index in [1.54, 1.807) is 44.6 Å². The Morgan fingerprint density at radius 3 is 2.44 bits per heavy atom. The maximum Gasteiger partial charge on any atom is 0.315 e. The number of carbonyl (C=O) groups is 1. The number of benzene rings is 2. The maximum absolute atomic E-state index is 12.4. The van der Waals surface area contributed by atoms with Gasteiger partial charge in [-0.15, -0.1) is 0 Å². The highest BCUT2D eigenvalue weighted by molar-refractivity contribution is 7.91. The first-order valence-electron chi connectivity index (χ1n) is 9.93. The molecule has 0 spiro atoms. The van der Waals surface area contributed by atoms with E-state index in [2.05, 4.69) is 15.5 Å². The molecule has 1 heterocycles. The molecule has 170 valence electrons. The molecule has 2 aromatic carbocycles. The maximum atomic E-state index is 12.4. The largest absolute Gasteiger partial charge is 0.493 e. The second kappa shape index (κ2) is 10.3. The van der Waals surface area contributed by atoms with Crippen molar-refractivity contribution in [2.75, 3.05) is 26.5 Å². The monoisotopic (exact) mass is 459 g/mol. The normalized spacial score (nSPS) is 11.2. The molecule has 1 aromatic heterocycles. The molecule has 0 fully saturated rings. The Morgan fingerprint density at radius 2 is 1.75 bits per heavy atom. The van der Waals surface area contributed by atoms with E-state index in [0.29, 0.717) is 24.5 Å². The highest BCUT2D eigenvalue weighted by atomic mass is 32.2. The SMILES string of the molecule is COc1ccc(CCNC(=O)c2nc(CCS(=O)(=O)c3ccc(C)cc3)no2)cc1OC. The second-order valence-electron chi connectivity index (χ2n) is 7.09. The highest BCUT2D eigenvalue weighted by Gasteiger charge is 2.19. The van der Waals surface area contributed by atoms with Crippen LogP contribution in [0.3, 0.4) is 0 Å². The number of sulfone groups is 1. The highest BCUT2D eigenvalue weighted by Crippen LogP contribution is 2.27. The van der Waals surface area contributed by atoms with E-state index in [-0.39, 0.29) is 28.8 Å². The fourth-order valence-corrected chi connectivity index (χ4v) is 4.21. The van der Waals surface area contributed by atoms with Crippen LogP contribution < -0.4 is 14.8 Å². The van der Waals surface area contributed by atoms with Crippen LogP contribution in [0.25, 0.3) is 0 Å². The molecule has 0 unspecified atom stereocenters. The summed E-state index contributed by atoms with van der Waals surface area (Å²) in [5, 5.41) is 6.42. The molecule has 0 radical (unpaired) electrons. The summed E-state index contributed by atoms with van der Waals surface area (Å²) in [5.41, 5.74) is 1.93. The predicted molar refractivity (Wildman–Crippen MR) is 117 cm³/mol. The van der Waals surface area contributed by atoms with Crippen molar-refractivity contribution >= 4 is 15.7 Å². The molecule has 3 rings (SSSR count). The first-order valence-corrected chi connectivity index (χ1v) is 11.6. The van der Waals surface area contributed by atoms with Crippen molar-refractivity contribution in [1.29, 1.82) is 0 Å². The zero-order valence-corrected chi connectivity index (χ0v) is 18.9. The molecular weight excluding hydrogens is 434 g/mol. The van der Waals surface area contributed by atoms with E-state index in [4.69, 9.17) is 14.0 Å². The van der Waals surface area contributed by atoms with Gasteiger partial charge in [0.2, 0.25) is 0 Å². The summed E-state index contributed by atoms with van der Waals surface area (Å²) in [4.78, 5) is 16.5. The van der Waals surface area contributed by atoms with Crippen molar-refractivity contribution in [2.45, 2.75) is 24.7 Å². The summed E-state index contributed by atoms with van der Waals surface area (Å²) in [6.45, 7) is 2.23. The molecule has 1 amide bonds. The number of nitrogens with zero attached hydrogens (tertiary/aromatic N) is 2. The van der Waals surface area contributed by atoms with Crippen LogP contribution >= 0.6 is 0 Å². The Bertz CT molecular complexity index is 1170. The van der Waals surface area contributed by atoms with Crippen LogP contribution in [0.4, 0.5) is 0 Å². The van der Waals surface area contributed by atoms with Gasteiger partial charge in [0.15, 0.2) is 27.2 Å². The number of nitrogens with one attached hydrogen (secondary N) is 1. The number of methoxy groups -OCH3 is 2. The summed E-state index contributed by atoms with van der Waals surface area (Å²) < 4.78 is 40.3. The van der Waals surface area contributed by atoms with Crippen molar-refractivity contribution in [2.24, 2.45) is 0 Å². The average Bonchev–Trinajstić information content (AvgIpc) is 3.27. The number of hydrogen-bond acceptors (Lipinski definition) is 8. The van der Waals surface area contributed by atoms with Crippen molar-refractivity contribution in [3.05, 3.63) is 65.3 Å². The molecule has 10 heteroatoms. The number of amides is 1. The van der Waals surface area contributed by atoms with Gasteiger partial charge in [-0.2, -0.15) is 4.98 Å². The fraction of sp³-hybridized carbons (Fsp3) is 0.318. The third kappa shape index (κ3) is 5.85. The van der Waals surface area contributed by atoms with Gasteiger partial charge in [-0.3, -0.25) is 4.79 Å². The lowest BCUT2D eigenvalue weighted by Crippen LogP contribution is -2.26. The molecule has 32 heavy (non-hydrogen) atoms. The van der Waals surface area contributed by atoms with Gasteiger partial charge in [-0.1, -0.05) is 28.9 Å². The topological polar surface area (TPSA) is 121 Å². The fourth-order valence-electron chi connectivity index (χ4n) is 2.97. The predicted octanol–water partition coefficient (Wildman–Crippen LogP) is 2.38. The van der Waals surface area contributed by atoms with E-state index in [1.165, 1.54) is 0 Å². The molecule has 0 aliphatic heterocycles. The summed E-state index contributed by atoms with van der Waals surface area (Å²) in [7, 11) is -0.361. The molecule has 0 saturated carbocycles. The third-order valence-corrected chi connectivity index (χ3v) is 6.52. The average molecular weight is 460 g/mol. The Balaban J connectivity index is 1.51. The summed E-state index contributed by atoms with van der Waals surface area (Å²) >= 11 is 0. The Kier molecular flexibility index (Phi) is 7.47. The van der Waals surface area contributed by atoms with Gasteiger partial charge in [0.05, 0.1) is 24.9 Å². The lowest BCUT2D eigenvalue weighted by atomic mass is 10.1. The molecule has 1 N–H and O–H groups in total. The minimum Gasteiger partial charge on any atom is -0.493 e. The number of rotatable bonds is 10. The van der Waals surface area contributed by atoms with Gasteiger partial charge < -0.3 is 19.3 Å². The minimum atomic E-state index is -3.48. The molecule has 3 aromatic rings. The smallest absolute Gasteiger partial charge is 0.315 e. The lowest BCUT2D eigenvalue weighted by Gasteiger charge is -2.09. The van der Waals surface area contributed by atoms with Gasteiger partial charge in [0.25, 0.3) is 0 Å². The van der Waals surface area contributed by atoms with E-state index < -0.39 is 15.7 Å². The van der Waals surface area contributed by atoms with Crippen molar-refractivity contribution < 1.29 is 27.2 Å². The first kappa shape index (κ1) is 23.3. The quantitative estimate of drug-likeness (QED) is 0.491. The van der Waals surface area contributed by atoms with Crippen LogP contribution in [0.5, 0.6) is 11.5 Å². The summed E-state index contributed by atoms with van der Waals surface area (Å²) in [5.74, 6) is 0.480. The van der Waals surface area contributed by atoms with Crippen LogP contribution in [0.1, 0.15) is 27.6 Å². The van der Waals surface area contributed by atoms with E-state index in [9.17, 15) is 13.2 Å². The Hall–Kier alpha value is -3.40. The van der Waals surface area contributed by atoms with Crippen LogP contribution in [0.15, 0.2) is 51.9 Å². The van der Waals surface area contributed by atoms with Crippen molar-refractivity contribution in [3.63, 3.8) is 0 Å². The Labute approximate surface area is 186 Å². The van der Waals surface area contributed by atoms with Crippen LogP contribution in [0.2, 0.25) is 0 Å². The van der Waals surface area contributed by atoms with Crippen LogP contribution in [-0.4, -0.2) is 51.0 Å². The van der Waals surface area contributed by atoms with Gasteiger partial charge in [0.1, 0.15) is 0 Å². The summed E-state index contributed by atoms with van der Waals surface area (Å²) in [6.07, 6.45) is 0.598. The van der Waals surface area contributed by atoms with Gasteiger partial charge in [0, 0.05) is 13.0 Å². The second-order valence-corrected chi connectivity index (χ2v) is 9.20. The Morgan fingerprint density at radius 1 is 1.03 bits per heavy atom. The van der Waals surface area contributed by atoms with Crippen molar-refractivity contribution in [3.8, 4) is 11.5 Å². The molecule has 0 aliphatic carbocycles. The lowest BCUT2D eigenvalue weighted by molar-refractivity contribution is 0.0910. The number of hydrogen-bond donors (Lipinski definition) is 1. The first-order chi connectivity index (χ1) is 15.3. The summed E-state index contributed by atoms with van der Waals surface area (Å²) in [6, 6.07) is 12.1. The molecule has 0 bridgehead atoms. The standard InChI is InChI=1S/C22H25N3O6S/c1-15-4-7-17(8-5-15)32(27,28)13-11-20-24-22(31-25-20)21(26)23-12-10-16-6-9-18(29-2)19(14-16)30-3/h4-9,14H,10-13H2,1-3H3,(H,23,26). The van der Waals surface area contributed by atoms with Gasteiger partial charge in [-0.25, -0.2) is 8.42 Å². The minimum absolute atomic E-state index is 0.0403. The number of aryl methyl sites for hydroxylation is 2. The van der Waals surface area contributed by atoms with E-state index >= 15 is 0 Å².